The molecular formula is C21H22FN5O3. The lowest BCUT2D eigenvalue weighted by molar-refractivity contribution is -0.121. The maximum atomic E-state index is 13.0. The van der Waals surface area contributed by atoms with E-state index in [9.17, 15) is 18.8 Å². The molecule has 30 heavy (non-hydrogen) atoms. The minimum absolute atomic E-state index is 0.127. The van der Waals surface area contributed by atoms with Crippen LogP contribution in [-0.2, 0) is 17.9 Å². The number of aromatic nitrogens is 4. The molecule has 0 aliphatic rings. The first-order chi connectivity index (χ1) is 14.3. The zero-order valence-electron chi connectivity index (χ0n) is 16.7. The molecule has 1 amide bonds. The largest absolute Gasteiger partial charge is 0.353 e. The molecule has 3 rings (SSSR count). The van der Waals surface area contributed by atoms with Gasteiger partial charge in [0.15, 0.2) is 0 Å². The Hall–Kier alpha value is -3.62. The Labute approximate surface area is 172 Å². The van der Waals surface area contributed by atoms with Gasteiger partial charge in [-0.15, -0.1) is 0 Å². The minimum atomic E-state index is -0.364. The van der Waals surface area contributed by atoms with Gasteiger partial charge in [-0.3, -0.25) is 23.5 Å². The van der Waals surface area contributed by atoms with Gasteiger partial charge in [-0.2, -0.15) is 0 Å². The second-order valence-corrected chi connectivity index (χ2v) is 7.10. The van der Waals surface area contributed by atoms with Crippen molar-refractivity contribution in [3.05, 3.63) is 81.3 Å². The number of amides is 1. The highest BCUT2D eigenvalue weighted by atomic mass is 19.1. The first kappa shape index (κ1) is 21.1. The van der Waals surface area contributed by atoms with Crippen molar-refractivity contribution in [2.24, 2.45) is 0 Å². The van der Waals surface area contributed by atoms with E-state index in [0.717, 1.165) is 0 Å². The third-order valence-corrected chi connectivity index (χ3v) is 4.50. The Morgan fingerprint density at radius 3 is 2.33 bits per heavy atom. The van der Waals surface area contributed by atoms with Crippen LogP contribution in [0.1, 0.15) is 25.5 Å². The molecule has 2 heterocycles. The number of carbonyl (C=O) groups is 1. The van der Waals surface area contributed by atoms with Gasteiger partial charge in [0.2, 0.25) is 5.91 Å². The van der Waals surface area contributed by atoms with Gasteiger partial charge in [-0.05, 0) is 30.2 Å². The highest BCUT2D eigenvalue weighted by Gasteiger charge is 2.08. The highest BCUT2D eigenvalue weighted by Crippen LogP contribution is 2.14. The van der Waals surface area contributed by atoms with Gasteiger partial charge < -0.3 is 5.32 Å². The van der Waals surface area contributed by atoms with Crippen LogP contribution in [0.25, 0.3) is 11.3 Å². The van der Waals surface area contributed by atoms with Crippen molar-refractivity contribution in [2.45, 2.75) is 32.9 Å². The van der Waals surface area contributed by atoms with E-state index < -0.39 is 0 Å². The van der Waals surface area contributed by atoms with E-state index >= 15 is 0 Å². The summed E-state index contributed by atoms with van der Waals surface area (Å²) in [6, 6.07) is 8.48. The number of carbonyl (C=O) groups excluding carboxylic acids is 1. The van der Waals surface area contributed by atoms with Crippen LogP contribution in [0.2, 0.25) is 0 Å². The van der Waals surface area contributed by atoms with Gasteiger partial charge in [-0.1, -0.05) is 13.8 Å². The van der Waals surface area contributed by atoms with E-state index in [1.807, 2.05) is 13.8 Å². The summed E-state index contributed by atoms with van der Waals surface area (Å²) in [7, 11) is 0. The molecule has 9 heteroatoms. The molecule has 156 valence electrons. The van der Waals surface area contributed by atoms with Gasteiger partial charge in [0.1, 0.15) is 12.4 Å². The average Bonchev–Trinajstić information content (AvgIpc) is 2.71. The van der Waals surface area contributed by atoms with Crippen molar-refractivity contribution >= 4 is 5.91 Å². The molecule has 0 atom stereocenters. The van der Waals surface area contributed by atoms with E-state index in [0.29, 0.717) is 17.0 Å². The van der Waals surface area contributed by atoms with Crippen LogP contribution in [0.5, 0.6) is 0 Å². The molecule has 0 fully saturated rings. The summed E-state index contributed by atoms with van der Waals surface area (Å²) >= 11 is 0. The Kier molecular flexibility index (Phi) is 6.51. The summed E-state index contributed by atoms with van der Waals surface area (Å²) in [5.74, 6) is -0.598. The maximum absolute atomic E-state index is 13.0. The molecule has 0 bridgehead atoms. The fraction of sp³-hybridized carbons (Fsp3) is 0.286. The second kappa shape index (κ2) is 9.25. The molecule has 0 unspecified atom stereocenters. The number of nitrogens with one attached hydrogen (secondary N) is 1. The third-order valence-electron chi connectivity index (χ3n) is 4.50. The Bertz CT molecular complexity index is 1150. The summed E-state index contributed by atoms with van der Waals surface area (Å²) in [4.78, 5) is 44.8. The SMILES string of the molecule is CC(C)c1cc(=O)n(CC(=O)NCCn2cnc(-c3ccc(F)cc3)cc2=O)cn1. The smallest absolute Gasteiger partial charge is 0.254 e. The van der Waals surface area contributed by atoms with Crippen LogP contribution in [0.3, 0.4) is 0 Å². The molecule has 1 N–H and O–H groups in total. The third kappa shape index (κ3) is 5.25. The number of hydrogen-bond acceptors (Lipinski definition) is 5. The lowest BCUT2D eigenvalue weighted by Crippen LogP contribution is -2.35. The normalized spacial score (nSPS) is 10.9. The first-order valence-electron chi connectivity index (χ1n) is 9.49. The monoisotopic (exact) mass is 411 g/mol. The molecule has 1 aromatic carbocycles. The van der Waals surface area contributed by atoms with Crippen molar-refractivity contribution < 1.29 is 9.18 Å². The number of benzene rings is 1. The van der Waals surface area contributed by atoms with Crippen LogP contribution in [0.4, 0.5) is 4.39 Å². The fourth-order valence-corrected chi connectivity index (χ4v) is 2.77. The molecule has 2 aromatic heterocycles. The number of halogens is 1. The molecule has 8 nitrogen and oxygen atoms in total. The van der Waals surface area contributed by atoms with E-state index in [1.165, 1.54) is 46.1 Å². The molecule has 3 aromatic rings. The number of hydrogen-bond donors (Lipinski definition) is 1. The van der Waals surface area contributed by atoms with E-state index in [-0.39, 0.29) is 48.4 Å². The van der Waals surface area contributed by atoms with E-state index in [2.05, 4.69) is 15.3 Å². The van der Waals surface area contributed by atoms with Crippen molar-refractivity contribution in [1.82, 2.24) is 24.4 Å². The molecular weight excluding hydrogens is 389 g/mol. The minimum Gasteiger partial charge on any atom is -0.353 e. The first-order valence-corrected chi connectivity index (χ1v) is 9.49. The van der Waals surface area contributed by atoms with Gasteiger partial charge in [0.25, 0.3) is 11.1 Å². The summed E-state index contributed by atoms with van der Waals surface area (Å²) in [6.45, 7) is 4.13. The van der Waals surface area contributed by atoms with E-state index in [1.54, 1.807) is 12.1 Å². The highest BCUT2D eigenvalue weighted by molar-refractivity contribution is 5.75. The maximum Gasteiger partial charge on any atom is 0.254 e. The average molecular weight is 411 g/mol. The summed E-state index contributed by atoms with van der Waals surface area (Å²) in [6.07, 6.45) is 2.74. The molecule has 0 saturated heterocycles. The quantitative estimate of drug-likeness (QED) is 0.636. The number of rotatable bonds is 7. The van der Waals surface area contributed by atoms with Crippen LogP contribution >= 0.6 is 0 Å². The van der Waals surface area contributed by atoms with E-state index in [4.69, 9.17) is 0 Å². The molecule has 0 aliphatic heterocycles. The topological polar surface area (TPSA) is 98.9 Å². The van der Waals surface area contributed by atoms with Crippen molar-refractivity contribution in [1.29, 1.82) is 0 Å². The Morgan fingerprint density at radius 2 is 1.70 bits per heavy atom. The molecule has 0 spiro atoms. The molecule has 0 radical (unpaired) electrons. The molecule has 0 saturated carbocycles. The standard InChI is InChI=1S/C21H22FN5O3/c1-14(2)17-9-21(30)27(13-24-17)11-19(28)23-7-8-26-12-25-18(10-20(26)29)15-3-5-16(22)6-4-15/h3-6,9-10,12-14H,7-8,11H2,1-2H3,(H,23,28). The zero-order chi connectivity index (χ0) is 21.7. The van der Waals surface area contributed by atoms with Crippen molar-refractivity contribution in [3.8, 4) is 11.3 Å². The lowest BCUT2D eigenvalue weighted by atomic mass is 10.1. The van der Waals surface area contributed by atoms with Crippen LogP contribution in [0, 0.1) is 5.82 Å². The predicted octanol–water partition coefficient (Wildman–Crippen LogP) is 1.55. The van der Waals surface area contributed by atoms with Crippen molar-refractivity contribution in [2.75, 3.05) is 6.54 Å². The summed E-state index contributed by atoms with van der Waals surface area (Å²) in [5, 5.41) is 2.67. The van der Waals surface area contributed by atoms with Gasteiger partial charge in [-0.25, -0.2) is 14.4 Å². The van der Waals surface area contributed by atoms with Gasteiger partial charge in [0.05, 0.1) is 24.0 Å². The summed E-state index contributed by atoms with van der Waals surface area (Å²) < 4.78 is 15.6. The number of nitrogens with zero attached hydrogens (tertiary/aromatic N) is 4. The van der Waals surface area contributed by atoms with Gasteiger partial charge >= 0.3 is 0 Å². The Balaban J connectivity index is 1.56. The van der Waals surface area contributed by atoms with Crippen molar-refractivity contribution in [3.63, 3.8) is 0 Å². The fourth-order valence-electron chi connectivity index (χ4n) is 2.77. The van der Waals surface area contributed by atoms with Crippen LogP contribution in [-0.4, -0.2) is 31.6 Å². The predicted molar refractivity (Wildman–Crippen MR) is 109 cm³/mol. The lowest BCUT2D eigenvalue weighted by Gasteiger charge is -2.10. The zero-order valence-corrected chi connectivity index (χ0v) is 16.7. The van der Waals surface area contributed by atoms with Crippen LogP contribution in [0.15, 0.2) is 58.6 Å². The Morgan fingerprint density at radius 1 is 1.03 bits per heavy atom. The molecule has 0 aliphatic carbocycles. The van der Waals surface area contributed by atoms with Gasteiger partial charge in [0, 0.05) is 30.8 Å². The van der Waals surface area contributed by atoms with Crippen LogP contribution < -0.4 is 16.4 Å². The summed E-state index contributed by atoms with van der Waals surface area (Å²) in [5.41, 5.74) is 1.17. The second-order valence-electron chi connectivity index (χ2n) is 7.10.